The van der Waals surface area contributed by atoms with Crippen LogP contribution in [0.15, 0.2) is 48.5 Å². The van der Waals surface area contributed by atoms with Gasteiger partial charge in [-0.05, 0) is 74.3 Å². The third-order valence-corrected chi connectivity index (χ3v) is 8.24. The van der Waals surface area contributed by atoms with Crippen LogP contribution in [0.25, 0.3) is 0 Å². The zero-order chi connectivity index (χ0) is 30.5. The summed E-state index contributed by atoms with van der Waals surface area (Å²) in [5.74, 6) is -0.777. The van der Waals surface area contributed by atoms with E-state index in [9.17, 15) is 18.8 Å². The highest BCUT2D eigenvalue weighted by Gasteiger charge is 2.27. The summed E-state index contributed by atoms with van der Waals surface area (Å²) in [4.78, 5) is 41.3. The summed E-state index contributed by atoms with van der Waals surface area (Å²) >= 11 is 0. The molecule has 4 N–H and O–H groups in total. The van der Waals surface area contributed by atoms with Gasteiger partial charge in [0, 0.05) is 48.8 Å². The van der Waals surface area contributed by atoms with E-state index in [0.717, 1.165) is 25.7 Å². The molecule has 0 spiro atoms. The molecule has 42 heavy (non-hydrogen) atoms. The largest absolute Gasteiger partial charge is 0.356 e. The minimum Gasteiger partial charge on any atom is -0.356 e. The van der Waals surface area contributed by atoms with E-state index in [1.54, 1.807) is 47.4 Å². The van der Waals surface area contributed by atoms with Crippen molar-refractivity contribution in [1.82, 2.24) is 15.5 Å². The fourth-order valence-corrected chi connectivity index (χ4v) is 5.78. The van der Waals surface area contributed by atoms with Crippen molar-refractivity contribution >= 4 is 17.7 Å². The molecule has 0 aliphatic heterocycles. The van der Waals surface area contributed by atoms with Gasteiger partial charge in [-0.1, -0.05) is 64.3 Å². The van der Waals surface area contributed by atoms with E-state index < -0.39 is 18.0 Å². The number of amides is 3. The number of nitrogens with zero attached hydrogens (tertiary/aromatic N) is 1. The predicted octanol–water partition coefficient (Wildman–Crippen LogP) is 5.48. The highest BCUT2D eigenvalue weighted by molar-refractivity contribution is 5.99. The van der Waals surface area contributed by atoms with Crippen molar-refractivity contribution in [2.75, 3.05) is 19.6 Å². The molecule has 1 fully saturated rings. The molecule has 7 nitrogen and oxygen atoms in total. The summed E-state index contributed by atoms with van der Waals surface area (Å²) in [6.07, 6.45) is 8.18. The number of nitrogens with two attached hydrogens (primary N) is 1. The molecule has 8 heteroatoms. The zero-order valence-corrected chi connectivity index (χ0v) is 25.5. The van der Waals surface area contributed by atoms with Crippen molar-refractivity contribution < 1.29 is 18.8 Å². The topological polar surface area (TPSA) is 105 Å². The average Bonchev–Trinajstić information content (AvgIpc) is 3.00. The molecular formula is C34H49FN4O3. The van der Waals surface area contributed by atoms with Gasteiger partial charge < -0.3 is 21.3 Å². The number of nitrogens with one attached hydrogen (secondary N) is 2. The number of benzene rings is 2. The van der Waals surface area contributed by atoms with E-state index in [2.05, 4.69) is 10.6 Å². The first-order valence-electron chi connectivity index (χ1n) is 15.7. The fraction of sp³-hybridized carbons (Fsp3) is 0.559. The molecule has 0 unspecified atom stereocenters. The molecule has 1 saturated carbocycles. The van der Waals surface area contributed by atoms with Crippen molar-refractivity contribution in [3.05, 3.63) is 71.0 Å². The van der Waals surface area contributed by atoms with Gasteiger partial charge in [0.1, 0.15) is 5.82 Å². The summed E-state index contributed by atoms with van der Waals surface area (Å²) in [5.41, 5.74) is 7.84. The molecule has 2 aromatic carbocycles. The Kier molecular flexibility index (Phi) is 13.5. The fourth-order valence-electron chi connectivity index (χ4n) is 5.78. The van der Waals surface area contributed by atoms with E-state index in [4.69, 9.17) is 5.73 Å². The summed E-state index contributed by atoms with van der Waals surface area (Å²) in [6, 6.07) is 11.9. The van der Waals surface area contributed by atoms with Crippen LogP contribution in [-0.2, 0) is 11.2 Å². The van der Waals surface area contributed by atoms with Crippen molar-refractivity contribution in [3.8, 4) is 0 Å². The van der Waals surface area contributed by atoms with Crippen molar-refractivity contribution in [2.45, 2.75) is 90.6 Å². The first-order chi connectivity index (χ1) is 20.2. The Hall–Kier alpha value is -3.26. The Bertz CT molecular complexity index is 1160. The molecule has 1 aliphatic carbocycles. The average molecular weight is 581 g/mol. The van der Waals surface area contributed by atoms with Gasteiger partial charge in [-0.15, -0.1) is 0 Å². The molecule has 0 aromatic heterocycles. The first-order valence-corrected chi connectivity index (χ1v) is 15.7. The molecule has 3 rings (SSSR count). The molecule has 3 atom stereocenters. The summed E-state index contributed by atoms with van der Waals surface area (Å²) in [6.45, 7) is 7.87. The summed E-state index contributed by atoms with van der Waals surface area (Å²) in [7, 11) is 0. The van der Waals surface area contributed by atoms with Crippen LogP contribution >= 0.6 is 0 Å². The molecule has 0 bridgehead atoms. The Balaban J connectivity index is 1.72. The van der Waals surface area contributed by atoms with Crippen molar-refractivity contribution in [1.29, 1.82) is 0 Å². The lowest BCUT2D eigenvalue weighted by Gasteiger charge is -2.28. The molecular weight excluding hydrogens is 531 g/mol. The maximum absolute atomic E-state index is 14.6. The highest BCUT2D eigenvalue weighted by atomic mass is 19.1. The second kappa shape index (κ2) is 17.0. The van der Waals surface area contributed by atoms with Gasteiger partial charge in [-0.25, -0.2) is 4.39 Å². The van der Waals surface area contributed by atoms with Crippen molar-refractivity contribution in [3.63, 3.8) is 0 Å². The SMILES string of the molecule is CCCN(CCC)C(=O)c1cccc(C(=O)N[C@@H](Cc2ccccc2F)[C@@H](N)C[C@@H](C)C(=O)NCC2CCCCC2)c1. The molecule has 230 valence electrons. The molecule has 0 heterocycles. The Morgan fingerprint density at radius 1 is 0.976 bits per heavy atom. The molecule has 0 saturated heterocycles. The summed E-state index contributed by atoms with van der Waals surface area (Å²) < 4.78 is 14.6. The Labute approximate surface area is 250 Å². The second-order valence-corrected chi connectivity index (χ2v) is 11.8. The van der Waals surface area contributed by atoms with Crippen LogP contribution < -0.4 is 16.4 Å². The molecule has 1 aliphatic rings. The quantitative estimate of drug-likeness (QED) is 0.260. The van der Waals surface area contributed by atoms with Crippen LogP contribution in [0.1, 0.15) is 98.4 Å². The van der Waals surface area contributed by atoms with E-state index in [1.807, 2.05) is 20.8 Å². The summed E-state index contributed by atoms with van der Waals surface area (Å²) in [5, 5.41) is 6.08. The lowest BCUT2D eigenvalue weighted by Crippen LogP contribution is -2.50. The smallest absolute Gasteiger partial charge is 0.253 e. The maximum atomic E-state index is 14.6. The maximum Gasteiger partial charge on any atom is 0.253 e. The van der Waals surface area contributed by atoms with Gasteiger partial charge in [-0.3, -0.25) is 14.4 Å². The van der Waals surface area contributed by atoms with Crippen LogP contribution in [-0.4, -0.2) is 54.3 Å². The number of carbonyl (C=O) groups is 3. The van der Waals surface area contributed by atoms with Gasteiger partial charge in [0.25, 0.3) is 11.8 Å². The second-order valence-electron chi connectivity index (χ2n) is 11.8. The van der Waals surface area contributed by atoms with Gasteiger partial charge in [0.05, 0.1) is 0 Å². The first kappa shape index (κ1) is 33.2. The van der Waals surface area contributed by atoms with E-state index >= 15 is 0 Å². The van der Waals surface area contributed by atoms with E-state index in [-0.39, 0.29) is 30.0 Å². The third kappa shape index (κ3) is 9.93. The number of hydrogen-bond donors (Lipinski definition) is 3. The molecule has 3 amide bonds. The predicted molar refractivity (Wildman–Crippen MR) is 166 cm³/mol. The van der Waals surface area contributed by atoms with Crippen LogP contribution in [0.2, 0.25) is 0 Å². The molecule has 2 aromatic rings. The van der Waals surface area contributed by atoms with Gasteiger partial charge in [0.2, 0.25) is 5.91 Å². The highest BCUT2D eigenvalue weighted by Crippen LogP contribution is 2.23. The van der Waals surface area contributed by atoms with Crippen LogP contribution in [0.3, 0.4) is 0 Å². The van der Waals surface area contributed by atoms with Crippen LogP contribution in [0.4, 0.5) is 4.39 Å². The molecule has 0 radical (unpaired) electrons. The van der Waals surface area contributed by atoms with Gasteiger partial charge in [0.15, 0.2) is 0 Å². The number of rotatable bonds is 15. The van der Waals surface area contributed by atoms with Crippen LogP contribution in [0, 0.1) is 17.7 Å². The minimum absolute atomic E-state index is 0.0538. The number of halogens is 1. The van der Waals surface area contributed by atoms with E-state index in [0.29, 0.717) is 48.7 Å². The Morgan fingerprint density at radius 2 is 1.64 bits per heavy atom. The standard InChI is InChI=1S/C34H49FN4O3/c1-4-18-39(19-5-2)34(42)28-16-11-15-27(21-28)33(41)38-31(22-26-14-9-10-17-29(26)35)30(36)20-24(3)32(40)37-23-25-12-7-6-8-13-25/h9-11,14-17,21,24-25,30-31H,4-8,12-13,18-20,22-23,36H2,1-3H3,(H,37,40)(H,38,41)/t24-,30+,31+/m1/s1. The lowest BCUT2D eigenvalue weighted by atomic mass is 9.89. The Morgan fingerprint density at radius 3 is 2.31 bits per heavy atom. The normalized spacial score (nSPS) is 15.8. The van der Waals surface area contributed by atoms with Gasteiger partial charge >= 0.3 is 0 Å². The van der Waals surface area contributed by atoms with Crippen LogP contribution in [0.5, 0.6) is 0 Å². The third-order valence-electron chi connectivity index (χ3n) is 8.24. The van der Waals surface area contributed by atoms with Crippen molar-refractivity contribution in [2.24, 2.45) is 17.6 Å². The minimum atomic E-state index is -0.626. The van der Waals surface area contributed by atoms with Gasteiger partial charge in [-0.2, -0.15) is 0 Å². The number of hydrogen-bond acceptors (Lipinski definition) is 4. The lowest BCUT2D eigenvalue weighted by molar-refractivity contribution is -0.125. The zero-order valence-electron chi connectivity index (χ0n) is 25.5. The monoisotopic (exact) mass is 580 g/mol. The van der Waals surface area contributed by atoms with E-state index in [1.165, 1.54) is 25.3 Å². The number of carbonyl (C=O) groups excluding carboxylic acids is 3.